The van der Waals surface area contributed by atoms with Gasteiger partial charge in [-0.3, -0.25) is 14.7 Å². The van der Waals surface area contributed by atoms with Crippen LogP contribution in [0, 0.1) is 0 Å². The Hall–Kier alpha value is -1.93. The highest BCUT2D eigenvalue weighted by atomic mass is 31.2. The molecule has 2 atom stereocenters. The third kappa shape index (κ3) is 6.83. The lowest BCUT2D eigenvalue weighted by molar-refractivity contribution is -0.122. The second-order valence-electron chi connectivity index (χ2n) is 5.11. The summed E-state index contributed by atoms with van der Waals surface area (Å²) in [5, 5.41) is 13.8. The Morgan fingerprint density at radius 2 is 1.80 bits per heavy atom. The van der Waals surface area contributed by atoms with Crippen LogP contribution in [0.3, 0.4) is 0 Å². The molecular formula is C15H23N2O7P. The lowest BCUT2D eigenvalue weighted by Gasteiger charge is -2.24. The van der Waals surface area contributed by atoms with Gasteiger partial charge in [-0.2, -0.15) is 0 Å². The SMILES string of the molecule is COP(=O)(OC)C(NC(=O)OCc1ccccc1)C(=O)NCC(C)O. The van der Waals surface area contributed by atoms with Gasteiger partial charge in [-0.05, 0) is 12.5 Å². The first-order chi connectivity index (χ1) is 11.8. The topological polar surface area (TPSA) is 123 Å². The number of benzene rings is 1. The van der Waals surface area contributed by atoms with E-state index in [1.807, 2.05) is 6.07 Å². The summed E-state index contributed by atoms with van der Waals surface area (Å²) in [5.41, 5.74) is 0.745. The van der Waals surface area contributed by atoms with Gasteiger partial charge < -0.3 is 24.2 Å². The van der Waals surface area contributed by atoms with Crippen molar-refractivity contribution in [2.45, 2.75) is 25.4 Å². The minimum Gasteiger partial charge on any atom is -0.445 e. The normalized spacial score (nSPS) is 13.6. The zero-order valence-electron chi connectivity index (χ0n) is 14.3. The molecule has 25 heavy (non-hydrogen) atoms. The minimum atomic E-state index is -3.96. The van der Waals surface area contributed by atoms with E-state index in [0.29, 0.717) is 0 Å². The molecule has 0 spiro atoms. The van der Waals surface area contributed by atoms with Gasteiger partial charge in [0.1, 0.15) is 6.61 Å². The molecule has 2 unspecified atom stereocenters. The highest BCUT2D eigenvalue weighted by molar-refractivity contribution is 7.55. The first-order valence-corrected chi connectivity index (χ1v) is 9.07. The summed E-state index contributed by atoms with van der Waals surface area (Å²) in [7, 11) is -1.78. The zero-order valence-corrected chi connectivity index (χ0v) is 15.2. The number of amides is 2. The van der Waals surface area contributed by atoms with E-state index in [0.717, 1.165) is 19.8 Å². The van der Waals surface area contributed by atoms with Crippen molar-refractivity contribution < 1.29 is 33.0 Å². The average molecular weight is 374 g/mol. The van der Waals surface area contributed by atoms with E-state index >= 15 is 0 Å². The van der Waals surface area contributed by atoms with Crippen molar-refractivity contribution in [2.75, 3.05) is 20.8 Å². The summed E-state index contributed by atoms with van der Waals surface area (Å²) in [6.45, 7) is 1.34. The predicted molar refractivity (Wildman–Crippen MR) is 89.9 cm³/mol. The monoisotopic (exact) mass is 374 g/mol. The van der Waals surface area contributed by atoms with Crippen LogP contribution in [-0.4, -0.2) is 49.8 Å². The molecule has 0 aliphatic heterocycles. The molecule has 1 aromatic rings. The first-order valence-electron chi connectivity index (χ1n) is 7.46. The Bertz CT molecular complexity index is 601. The van der Waals surface area contributed by atoms with Gasteiger partial charge in [-0.25, -0.2) is 4.79 Å². The largest absolute Gasteiger partial charge is 0.445 e. The van der Waals surface area contributed by atoms with Gasteiger partial charge in [0.2, 0.25) is 5.78 Å². The van der Waals surface area contributed by atoms with Crippen molar-refractivity contribution in [1.29, 1.82) is 0 Å². The Morgan fingerprint density at radius 1 is 1.20 bits per heavy atom. The summed E-state index contributed by atoms with van der Waals surface area (Å²) in [5.74, 6) is -2.45. The molecule has 9 nitrogen and oxygen atoms in total. The van der Waals surface area contributed by atoms with E-state index < -0.39 is 31.5 Å². The van der Waals surface area contributed by atoms with E-state index in [9.17, 15) is 19.3 Å². The fourth-order valence-corrected chi connectivity index (χ4v) is 3.01. The number of aliphatic hydroxyl groups excluding tert-OH is 1. The molecule has 0 saturated heterocycles. The van der Waals surface area contributed by atoms with Gasteiger partial charge in [0, 0.05) is 20.8 Å². The number of hydrogen-bond acceptors (Lipinski definition) is 7. The zero-order chi connectivity index (χ0) is 18.9. The Morgan fingerprint density at radius 3 is 2.32 bits per heavy atom. The van der Waals surface area contributed by atoms with Gasteiger partial charge in [-0.15, -0.1) is 0 Å². The molecule has 0 aromatic heterocycles. The van der Waals surface area contributed by atoms with Crippen LogP contribution in [0.4, 0.5) is 4.79 Å². The van der Waals surface area contributed by atoms with Crippen molar-refractivity contribution in [1.82, 2.24) is 10.6 Å². The number of ether oxygens (including phenoxy) is 1. The maximum atomic E-state index is 12.5. The Kier molecular flexibility index (Phi) is 8.57. The van der Waals surface area contributed by atoms with Crippen molar-refractivity contribution in [3.63, 3.8) is 0 Å². The van der Waals surface area contributed by atoms with Crippen LogP contribution in [0.1, 0.15) is 12.5 Å². The van der Waals surface area contributed by atoms with Crippen molar-refractivity contribution in [2.24, 2.45) is 0 Å². The second-order valence-corrected chi connectivity index (χ2v) is 7.43. The van der Waals surface area contributed by atoms with E-state index in [1.165, 1.54) is 6.92 Å². The molecule has 0 radical (unpaired) electrons. The maximum absolute atomic E-state index is 12.5. The van der Waals surface area contributed by atoms with Crippen molar-refractivity contribution >= 4 is 19.6 Å². The number of hydrogen-bond donors (Lipinski definition) is 3. The molecule has 0 bridgehead atoms. The van der Waals surface area contributed by atoms with Crippen LogP contribution in [0.25, 0.3) is 0 Å². The van der Waals surface area contributed by atoms with Crippen LogP contribution in [0.5, 0.6) is 0 Å². The molecule has 0 saturated carbocycles. The minimum absolute atomic E-state index is 0.0288. The lowest BCUT2D eigenvalue weighted by Crippen LogP contribution is -2.48. The Balaban J connectivity index is 2.76. The number of carbonyl (C=O) groups excluding carboxylic acids is 2. The third-order valence-electron chi connectivity index (χ3n) is 3.11. The molecule has 3 N–H and O–H groups in total. The van der Waals surface area contributed by atoms with Crippen LogP contribution in [0.15, 0.2) is 30.3 Å². The highest BCUT2D eigenvalue weighted by Crippen LogP contribution is 2.50. The van der Waals surface area contributed by atoms with Crippen LogP contribution < -0.4 is 10.6 Å². The quantitative estimate of drug-likeness (QED) is 0.555. The molecule has 2 amide bonds. The number of alkyl carbamates (subject to hydrolysis) is 1. The third-order valence-corrected chi connectivity index (χ3v) is 5.13. The Labute approximate surface area is 146 Å². The van der Waals surface area contributed by atoms with E-state index in [4.69, 9.17) is 13.8 Å². The van der Waals surface area contributed by atoms with E-state index in [2.05, 4.69) is 10.6 Å². The summed E-state index contributed by atoms with van der Waals surface area (Å²) in [6, 6.07) is 8.91. The van der Waals surface area contributed by atoms with Crippen LogP contribution in [0.2, 0.25) is 0 Å². The average Bonchev–Trinajstić information content (AvgIpc) is 2.62. The number of aliphatic hydroxyl groups is 1. The second kappa shape index (κ2) is 10.1. The van der Waals surface area contributed by atoms with Gasteiger partial charge in [0.15, 0.2) is 0 Å². The summed E-state index contributed by atoms with van der Waals surface area (Å²) in [4.78, 5) is 24.2. The fourth-order valence-electron chi connectivity index (χ4n) is 1.79. The standard InChI is InChI=1S/C15H23N2O7P/c1-11(18)9-16-13(19)14(25(21,22-2)23-3)17-15(20)24-10-12-7-5-4-6-8-12/h4-8,11,14,18H,9-10H2,1-3H3,(H,16,19)(H,17,20). The van der Waals surface area contributed by atoms with Gasteiger partial charge >= 0.3 is 13.7 Å². The summed E-state index contributed by atoms with van der Waals surface area (Å²) < 4.78 is 27.1. The number of carbonyl (C=O) groups is 2. The van der Waals surface area contributed by atoms with Crippen molar-refractivity contribution in [3.05, 3.63) is 35.9 Å². The molecule has 1 rings (SSSR count). The van der Waals surface area contributed by atoms with E-state index in [-0.39, 0.29) is 13.2 Å². The molecule has 0 aliphatic rings. The predicted octanol–water partition coefficient (Wildman–Crippen LogP) is 1.22. The van der Waals surface area contributed by atoms with E-state index in [1.54, 1.807) is 24.3 Å². The van der Waals surface area contributed by atoms with Crippen LogP contribution >= 0.6 is 7.60 Å². The smallest absolute Gasteiger partial charge is 0.408 e. The molecule has 140 valence electrons. The highest BCUT2D eigenvalue weighted by Gasteiger charge is 2.41. The fraction of sp³-hybridized carbons (Fsp3) is 0.467. The molecule has 0 heterocycles. The molecular weight excluding hydrogens is 351 g/mol. The number of nitrogens with one attached hydrogen (secondary N) is 2. The van der Waals surface area contributed by atoms with Crippen LogP contribution in [-0.2, 0) is 29.8 Å². The van der Waals surface area contributed by atoms with Gasteiger partial charge in [0.05, 0.1) is 6.10 Å². The van der Waals surface area contributed by atoms with Crippen molar-refractivity contribution in [3.8, 4) is 0 Å². The summed E-state index contributed by atoms with van der Waals surface area (Å²) in [6.07, 6.45) is -1.78. The van der Waals surface area contributed by atoms with Gasteiger partial charge in [-0.1, -0.05) is 30.3 Å². The number of rotatable bonds is 9. The molecule has 1 aromatic carbocycles. The first kappa shape index (κ1) is 21.1. The molecule has 0 fully saturated rings. The molecule has 0 aliphatic carbocycles. The van der Waals surface area contributed by atoms with Gasteiger partial charge in [0.25, 0.3) is 5.91 Å². The summed E-state index contributed by atoms with van der Waals surface area (Å²) >= 11 is 0. The maximum Gasteiger partial charge on any atom is 0.408 e. The molecule has 10 heteroatoms. The lowest BCUT2D eigenvalue weighted by atomic mass is 10.2.